The lowest BCUT2D eigenvalue weighted by Crippen LogP contribution is -2.38. The zero-order valence-corrected chi connectivity index (χ0v) is 18.0. The van der Waals surface area contributed by atoms with E-state index in [0.29, 0.717) is 5.92 Å². The summed E-state index contributed by atoms with van der Waals surface area (Å²) in [6.07, 6.45) is 11.0. The molecule has 1 aliphatic carbocycles. The van der Waals surface area contributed by atoms with Gasteiger partial charge in [0.2, 0.25) is 0 Å². The SMILES string of the molecule is Cc1cc2cnn(-c3cnn(C)c3)c2cc1C1C[C@@H]2CN(C3CCOCC3)C[C@@H]2C1. The van der Waals surface area contributed by atoms with Crippen molar-refractivity contribution in [1.29, 1.82) is 0 Å². The minimum atomic E-state index is 0.679. The van der Waals surface area contributed by atoms with E-state index < -0.39 is 0 Å². The van der Waals surface area contributed by atoms with Crippen molar-refractivity contribution in [2.75, 3.05) is 26.3 Å². The van der Waals surface area contributed by atoms with Crippen molar-refractivity contribution < 1.29 is 4.74 Å². The Morgan fingerprint density at radius 3 is 2.47 bits per heavy atom. The van der Waals surface area contributed by atoms with Gasteiger partial charge in [-0.05, 0) is 73.6 Å². The molecule has 0 amide bonds. The number of rotatable bonds is 3. The van der Waals surface area contributed by atoms with Gasteiger partial charge in [0.25, 0.3) is 0 Å². The summed E-state index contributed by atoms with van der Waals surface area (Å²) in [6, 6.07) is 5.49. The first-order chi connectivity index (χ1) is 14.7. The summed E-state index contributed by atoms with van der Waals surface area (Å²) in [5.41, 5.74) is 5.17. The minimum Gasteiger partial charge on any atom is -0.381 e. The van der Waals surface area contributed by atoms with E-state index in [1.54, 1.807) is 0 Å². The van der Waals surface area contributed by atoms with Crippen LogP contribution in [-0.4, -0.2) is 56.8 Å². The summed E-state index contributed by atoms with van der Waals surface area (Å²) in [6.45, 7) is 6.76. The largest absolute Gasteiger partial charge is 0.381 e. The maximum absolute atomic E-state index is 5.57. The van der Waals surface area contributed by atoms with Crippen LogP contribution in [0.4, 0.5) is 0 Å². The van der Waals surface area contributed by atoms with Gasteiger partial charge < -0.3 is 4.74 Å². The molecule has 0 bridgehead atoms. The Labute approximate surface area is 177 Å². The molecule has 3 atom stereocenters. The highest BCUT2D eigenvalue weighted by atomic mass is 16.5. The summed E-state index contributed by atoms with van der Waals surface area (Å²) in [5, 5.41) is 10.2. The van der Waals surface area contributed by atoms with Gasteiger partial charge in [-0.3, -0.25) is 9.58 Å². The molecule has 2 aromatic heterocycles. The summed E-state index contributed by atoms with van der Waals surface area (Å²) in [4.78, 5) is 2.78. The number of nitrogens with zero attached hydrogens (tertiary/aromatic N) is 5. The molecule has 0 N–H and O–H groups in total. The molecular formula is C24H31N5O. The third-order valence-corrected chi connectivity index (χ3v) is 7.82. The third-order valence-electron chi connectivity index (χ3n) is 7.82. The number of likely N-dealkylation sites (tertiary alicyclic amines) is 1. The summed E-state index contributed by atoms with van der Waals surface area (Å²) in [7, 11) is 1.95. The molecule has 0 spiro atoms. The number of ether oxygens (including phenoxy) is 1. The van der Waals surface area contributed by atoms with Gasteiger partial charge in [0.15, 0.2) is 0 Å². The third kappa shape index (κ3) is 3.08. The molecule has 6 heteroatoms. The normalized spacial score (nSPS) is 27.9. The van der Waals surface area contributed by atoms with E-state index in [0.717, 1.165) is 36.8 Å². The molecule has 2 saturated heterocycles. The van der Waals surface area contributed by atoms with Crippen molar-refractivity contribution >= 4 is 10.9 Å². The van der Waals surface area contributed by atoms with E-state index in [9.17, 15) is 0 Å². The molecule has 158 valence electrons. The molecule has 1 aromatic carbocycles. The van der Waals surface area contributed by atoms with E-state index in [-0.39, 0.29) is 0 Å². The Balaban J connectivity index is 1.24. The number of fused-ring (bicyclic) bond motifs is 2. The molecule has 1 saturated carbocycles. The Morgan fingerprint density at radius 1 is 1.00 bits per heavy atom. The van der Waals surface area contributed by atoms with Crippen molar-refractivity contribution in [1.82, 2.24) is 24.5 Å². The van der Waals surface area contributed by atoms with Crippen molar-refractivity contribution in [3.05, 3.63) is 41.9 Å². The van der Waals surface area contributed by atoms with Crippen LogP contribution < -0.4 is 0 Å². The standard InChI is InChI=1S/C24H31N5O/c1-16-7-18-11-26-29(22-12-25-27(2)15-22)24(18)10-23(16)17-8-19-13-28(14-20(19)9-17)21-3-5-30-6-4-21/h7,10-12,15,17,19-21H,3-6,8-9,13-14H2,1-2H3/t17?,19-,20+. The molecular weight excluding hydrogens is 374 g/mol. The highest BCUT2D eigenvalue weighted by Gasteiger charge is 2.43. The molecule has 2 aliphatic heterocycles. The van der Waals surface area contributed by atoms with Crippen LogP contribution >= 0.6 is 0 Å². The second-order valence-corrected chi connectivity index (χ2v) is 9.68. The lowest BCUT2D eigenvalue weighted by molar-refractivity contribution is 0.0395. The number of hydrogen-bond donors (Lipinski definition) is 0. The molecule has 6 nitrogen and oxygen atoms in total. The first-order valence-electron chi connectivity index (χ1n) is 11.4. The predicted molar refractivity (Wildman–Crippen MR) is 117 cm³/mol. The lowest BCUT2D eigenvalue weighted by atomic mass is 9.91. The van der Waals surface area contributed by atoms with E-state index in [1.165, 1.54) is 60.8 Å². The zero-order chi connectivity index (χ0) is 20.2. The maximum Gasteiger partial charge on any atom is 0.103 e. The van der Waals surface area contributed by atoms with E-state index in [4.69, 9.17) is 4.74 Å². The molecule has 30 heavy (non-hydrogen) atoms. The van der Waals surface area contributed by atoms with Crippen molar-refractivity contribution in [3.8, 4) is 5.69 Å². The average Bonchev–Trinajstić information content (AvgIpc) is 3.50. The quantitative estimate of drug-likeness (QED) is 0.667. The fourth-order valence-corrected chi connectivity index (χ4v) is 6.31. The van der Waals surface area contributed by atoms with Crippen molar-refractivity contribution in [2.24, 2.45) is 18.9 Å². The van der Waals surface area contributed by atoms with Crippen LogP contribution in [0.1, 0.15) is 42.7 Å². The second-order valence-electron chi connectivity index (χ2n) is 9.68. The van der Waals surface area contributed by atoms with Crippen molar-refractivity contribution in [2.45, 2.75) is 44.6 Å². The molecule has 0 radical (unpaired) electrons. The van der Waals surface area contributed by atoms with Gasteiger partial charge in [-0.25, -0.2) is 4.68 Å². The number of aromatic nitrogens is 4. The van der Waals surface area contributed by atoms with Crippen LogP contribution in [0.2, 0.25) is 0 Å². The van der Waals surface area contributed by atoms with Gasteiger partial charge in [0.05, 0.1) is 24.1 Å². The van der Waals surface area contributed by atoms with Gasteiger partial charge in [0, 0.05) is 44.8 Å². The highest BCUT2D eigenvalue weighted by molar-refractivity contribution is 5.82. The minimum absolute atomic E-state index is 0.679. The van der Waals surface area contributed by atoms with E-state index in [1.807, 2.05) is 35.0 Å². The van der Waals surface area contributed by atoms with Gasteiger partial charge >= 0.3 is 0 Å². The number of benzene rings is 1. The summed E-state index contributed by atoms with van der Waals surface area (Å²) < 4.78 is 9.44. The smallest absolute Gasteiger partial charge is 0.103 e. The van der Waals surface area contributed by atoms with Crippen LogP contribution in [0.15, 0.2) is 30.7 Å². The maximum atomic E-state index is 5.57. The first kappa shape index (κ1) is 18.6. The Hall–Kier alpha value is -2.18. The Morgan fingerprint density at radius 2 is 1.77 bits per heavy atom. The van der Waals surface area contributed by atoms with Gasteiger partial charge in [-0.1, -0.05) is 0 Å². The fourth-order valence-electron chi connectivity index (χ4n) is 6.31. The molecule has 3 aromatic rings. The van der Waals surface area contributed by atoms with Crippen LogP contribution in [0.25, 0.3) is 16.6 Å². The summed E-state index contributed by atoms with van der Waals surface area (Å²) in [5.74, 6) is 2.39. The molecule has 4 heterocycles. The molecule has 1 unspecified atom stereocenters. The monoisotopic (exact) mass is 405 g/mol. The highest BCUT2D eigenvalue weighted by Crippen LogP contribution is 2.48. The fraction of sp³-hybridized carbons (Fsp3) is 0.583. The average molecular weight is 406 g/mol. The summed E-state index contributed by atoms with van der Waals surface area (Å²) >= 11 is 0. The Bertz CT molecular complexity index is 1050. The Kier molecular flexibility index (Phi) is 4.46. The van der Waals surface area contributed by atoms with Crippen LogP contribution in [0.5, 0.6) is 0 Å². The van der Waals surface area contributed by atoms with Crippen LogP contribution in [-0.2, 0) is 11.8 Å². The molecule has 3 aliphatic rings. The lowest BCUT2D eigenvalue weighted by Gasteiger charge is -2.32. The molecule has 6 rings (SSSR count). The second kappa shape index (κ2) is 7.20. The molecule has 3 fully saturated rings. The van der Waals surface area contributed by atoms with Crippen molar-refractivity contribution in [3.63, 3.8) is 0 Å². The van der Waals surface area contributed by atoms with Gasteiger partial charge in [0.1, 0.15) is 5.69 Å². The van der Waals surface area contributed by atoms with Gasteiger partial charge in [-0.2, -0.15) is 10.2 Å². The van der Waals surface area contributed by atoms with Crippen LogP contribution in [0.3, 0.4) is 0 Å². The van der Waals surface area contributed by atoms with E-state index >= 15 is 0 Å². The number of aryl methyl sites for hydroxylation is 2. The zero-order valence-electron chi connectivity index (χ0n) is 18.0. The van der Waals surface area contributed by atoms with Gasteiger partial charge in [-0.15, -0.1) is 0 Å². The predicted octanol–water partition coefficient (Wildman–Crippen LogP) is 3.67. The number of hydrogen-bond acceptors (Lipinski definition) is 4. The van der Waals surface area contributed by atoms with Crippen LogP contribution in [0, 0.1) is 18.8 Å². The topological polar surface area (TPSA) is 48.1 Å². The van der Waals surface area contributed by atoms with E-state index in [2.05, 4.69) is 34.2 Å². The first-order valence-corrected chi connectivity index (χ1v) is 11.4.